The van der Waals surface area contributed by atoms with Crippen LogP contribution in [0.15, 0.2) is 4.99 Å². The summed E-state index contributed by atoms with van der Waals surface area (Å²) >= 11 is 0. The Morgan fingerprint density at radius 2 is 2.29 bits per heavy atom. The van der Waals surface area contributed by atoms with Crippen molar-refractivity contribution < 1.29 is 14.6 Å². The molecule has 0 rings (SSSR count). The van der Waals surface area contributed by atoms with Gasteiger partial charge in [-0.1, -0.05) is 5.43 Å². The standard InChI is InChI=1S/C8H17N5O4/c1-17-7(14)5-6(9)3-2-4-11-8(10)12-13(15)16/h6H,2-5,9H2,1H3,(H3,10,11,12)/t6-/m0/s1. The number of methoxy groups -OCH3 is 1. The smallest absolute Gasteiger partial charge is 0.307 e. The number of carbonyl (C=O) groups is 1. The van der Waals surface area contributed by atoms with Crippen LogP contribution in [0, 0.1) is 10.1 Å². The fraction of sp³-hybridized carbons (Fsp3) is 0.750. The topological polar surface area (TPSA) is 146 Å². The molecule has 0 aromatic carbocycles. The molecule has 9 heteroatoms. The van der Waals surface area contributed by atoms with E-state index in [1.807, 2.05) is 0 Å². The van der Waals surface area contributed by atoms with Crippen molar-refractivity contribution in [3.05, 3.63) is 10.1 Å². The van der Waals surface area contributed by atoms with Crippen LogP contribution in [0.2, 0.25) is 0 Å². The number of carbonyl (C=O) groups excluding carboxylic acids is 1. The lowest BCUT2D eigenvalue weighted by atomic mass is 10.1. The van der Waals surface area contributed by atoms with E-state index < -0.39 is 5.03 Å². The van der Waals surface area contributed by atoms with E-state index in [-0.39, 0.29) is 24.4 Å². The highest BCUT2D eigenvalue weighted by Crippen LogP contribution is 2.00. The first-order valence-electron chi connectivity index (χ1n) is 4.99. The number of hydrogen-bond acceptors (Lipinski definition) is 6. The molecular formula is C8H17N5O4. The largest absolute Gasteiger partial charge is 0.469 e. The molecule has 0 aromatic heterocycles. The first kappa shape index (κ1) is 15.1. The molecule has 17 heavy (non-hydrogen) atoms. The maximum absolute atomic E-state index is 10.8. The van der Waals surface area contributed by atoms with Gasteiger partial charge in [0.25, 0.3) is 5.96 Å². The summed E-state index contributed by atoms with van der Waals surface area (Å²) in [4.78, 5) is 24.5. The summed E-state index contributed by atoms with van der Waals surface area (Å²) in [6.07, 6.45) is 1.28. The molecule has 0 aliphatic carbocycles. The molecular weight excluding hydrogens is 230 g/mol. The number of rotatable bonds is 7. The van der Waals surface area contributed by atoms with Crippen LogP contribution in [0.5, 0.6) is 0 Å². The molecule has 0 aliphatic heterocycles. The van der Waals surface area contributed by atoms with Gasteiger partial charge in [0.15, 0.2) is 5.03 Å². The van der Waals surface area contributed by atoms with E-state index in [2.05, 4.69) is 9.73 Å². The molecule has 98 valence electrons. The van der Waals surface area contributed by atoms with Crippen LogP contribution in [0.1, 0.15) is 19.3 Å². The van der Waals surface area contributed by atoms with Crippen molar-refractivity contribution in [3.63, 3.8) is 0 Å². The highest BCUT2D eigenvalue weighted by molar-refractivity contribution is 5.76. The number of hydrazine groups is 1. The Morgan fingerprint density at radius 1 is 1.65 bits per heavy atom. The number of nitrogens with one attached hydrogen (secondary N) is 1. The summed E-state index contributed by atoms with van der Waals surface area (Å²) in [5.41, 5.74) is 12.5. The van der Waals surface area contributed by atoms with Gasteiger partial charge in [-0.05, 0) is 12.8 Å². The fourth-order valence-corrected chi connectivity index (χ4v) is 1.08. The van der Waals surface area contributed by atoms with Gasteiger partial charge < -0.3 is 16.2 Å². The molecule has 0 aromatic rings. The van der Waals surface area contributed by atoms with Crippen molar-refractivity contribution in [2.24, 2.45) is 16.5 Å². The number of aliphatic imine (C=N–C) groups is 1. The maximum atomic E-state index is 10.8. The summed E-state index contributed by atoms with van der Waals surface area (Å²) in [7, 11) is 1.29. The average Bonchev–Trinajstić information content (AvgIpc) is 2.23. The lowest BCUT2D eigenvalue weighted by Gasteiger charge is -2.08. The summed E-state index contributed by atoms with van der Waals surface area (Å²) in [5.74, 6) is -0.618. The Balaban J connectivity index is 3.69. The number of guanidine groups is 1. The highest BCUT2D eigenvalue weighted by atomic mass is 16.7. The predicted molar refractivity (Wildman–Crippen MR) is 60.5 cm³/mol. The Labute approximate surface area is 98.3 Å². The van der Waals surface area contributed by atoms with Gasteiger partial charge in [0.05, 0.1) is 13.5 Å². The molecule has 1 atom stereocenters. The van der Waals surface area contributed by atoms with E-state index in [9.17, 15) is 14.9 Å². The van der Waals surface area contributed by atoms with Crippen LogP contribution in [0.3, 0.4) is 0 Å². The molecule has 0 saturated carbocycles. The quantitative estimate of drug-likeness (QED) is 0.127. The van der Waals surface area contributed by atoms with Crippen molar-refractivity contribution in [2.45, 2.75) is 25.3 Å². The zero-order chi connectivity index (χ0) is 13.3. The third-order valence-corrected chi connectivity index (χ3v) is 1.88. The van der Waals surface area contributed by atoms with Gasteiger partial charge in [-0.3, -0.25) is 4.79 Å². The lowest BCUT2D eigenvalue weighted by molar-refractivity contribution is -0.525. The predicted octanol–water partition coefficient (Wildman–Crippen LogP) is -1.25. The fourth-order valence-electron chi connectivity index (χ4n) is 1.08. The molecule has 0 aliphatic rings. The summed E-state index contributed by atoms with van der Waals surface area (Å²) in [6, 6.07) is -0.303. The Hall–Kier alpha value is -1.90. The molecule has 0 spiro atoms. The summed E-state index contributed by atoms with van der Waals surface area (Å²) < 4.78 is 4.46. The third-order valence-electron chi connectivity index (χ3n) is 1.88. The van der Waals surface area contributed by atoms with Gasteiger partial charge >= 0.3 is 5.97 Å². The average molecular weight is 247 g/mol. The van der Waals surface area contributed by atoms with Crippen LogP contribution in [-0.4, -0.2) is 36.7 Å². The van der Waals surface area contributed by atoms with Gasteiger partial charge in [0.2, 0.25) is 0 Å². The molecule has 0 fully saturated rings. The van der Waals surface area contributed by atoms with Crippen molar-refractivity contribution in [3.8, 4) is 0 Å². The first-order valence-corrected chi connectivity index (χ1v) is 4.99. The van der Waals surface area contributed by atoms with Gasteiger partial charge in [0.1, 0.15) is 0 Å². The van der Waals surface area contributed by atoms with Crippen molar-refractivity contribution >= 4 is 11.9 Å². The van der Waals surface area contributed by atoms with E-state index in [0.29, 0.717) is 19.4 Å². The highest BCUT2D eigenvalue weighted by Gasteiger charge is 2.08. The second kappa shape index (κ2) is 8.28. The SMILES string of the molecule is COC(=O)C[C@@H](N)CCCN=C(N)N[N+](=O)[O-]. The Bertz CT molecular complexity index is 294. The first-order chi connectivity index (χ1) is 7.95. The van der Waals surface area contributed by atoms with Crippen molar-refractivity contribution in [1.82, 2.24) is 5.43 Å². The van der Waals surface area contributed by atoms with E-state index >= 15 is 0 Å². The summed E-state index contributed by atoms with van der Waals surface area (Å²) in [6.45, 7) is 0.307. The van der Waals surface area contributed by atoms with E-state index in [1.54, 1.807) is 5.43 Å². The van der Waals surface area contributed by atoms with E-state index in [0.717, 1.165) is 0 Å². The maximum Gasteiger partial charge on any atom is 0.307 e. The van der Waals surface area contributed by atoms with E-state index in [4.69, 9.17) is 11.5 Å². The monoisotopic (exact) mass is 247 g/mol. The Morgan fingerprint density at radius 3 is 2.82 bits per heavy atom. The van der Waals surface area contributed by atoms with Gasteiger partial charge in [0, 0.05) is 12.6 Å². The number of hydrogen-bond donors (Lipinski definition) is 3. The zero-order valence-electron chi connectivity index (χ0n) is 9.59. The van der Waals surface area contributed by atoms with Gasteiger partial charge in [-0.15, -0.1) is 0 Å². The number of nitro groups is 1. The third kappa shape index (κ3) is 9.05. The lowest BCUT2D eigenvalue weighted by Crippen LogP contribution is -2.36. The number of nitrogens with zero attached hydrogens (tertiary/aromatic N) is 2. The molecule has 0 unspecified atom stereocenters. The van der Waals surface area contributed by atoms with Crippen LogP contribution in [-0.2, 0) is 9.53 Å². The minimum Gasteiger partial charge on any atom is -0.469 e. The van der Waals surface area contributed by atoms with Crippen molar-refractivity contribution in [2.75, 3.05) is 13.7 Å². The molecule has 0 heterocycles. The second-order valence-electron chi connectivity index (χ2n) is 3.32. The van der Waals surface area contributed by atoms with Gasteiger partial charge in [-0.2, -0.15) is 0 Å². The second-order valence-corrected chi connectivity index (χ2v) is 3.32. The van der Waals surface area contributed by atoms with Gasteiger partial charge in [-0.25, -0.2) is 15.1 Å². The van der Waals surface area contributed by atoms with Crippen LogP contribution < -0.4 is 16.9 Å². The normalized spacial score (nSPS) is 12.9. The van der Waals surface area contributed by atoms with Crippen LogP contribution in [0.4, 0.5) is 0 Å². The number of nitrogens with two attached hydrogens (primary N) is 2. The summed E-state index contributed by atoms with van der Waals surface area (Å²) in [5, 5.41) is 9.18. The van der Waals surface area contributed by atoms with Crippen LogP contribution >= 0.6 is 0 Å². The molecule has 0 bridgehead atoms. The van der Waals surface area contributed by atoms with Crippen molar-refractivity contribution in [1.29, 1.82) is 0 Å². The molecule has 0 amide bonds. The zero-order valence-corrected chi connectivity index (χ0v) is 9.59. The number of esters is 1. The molecule has 0 radical (unpaired) electrons. The molecule has 9 nitrogen and oxygen atoms in total. The van der Waals surface area contributed by atoms with Crippen LogP contribution in [0.25, 0.3) is 0 Å². The Kier molecular flexibility index (Phi) is 7.35. The minimum absolute atomic E-state index is 0.142. The minimum atomic E-state index is -0.790. The molecule has 5 N–H and O–H groups in total. The van der Waals surface area contributed by atoms with E-state index in [1.165, 1.54) is 7.11 Å². The number of ether oxygens (including phenoxy) is 1. The molecule has 0 saturated heterocycles.